The molecule has 2 rings (SSSR count). The monoisotopic (exact) mass is 208 g/mol. The molecule has 0 spiro atoms. The van der Waals surface area contributed by atoms with Gasteiger partial charge in [-0.05, 0) is 24.3 Å². The lowest BCUT2D eigenvalue weighted by Gasteiger charge is -2.10. The molecule has 0 fully saturated rings. The molecule has 0 saturated heterocycles. The smallest absolute Gasteiger partial charge is 0.334 e. The van der Waals surface area contributed by atoms with Gasteiger partial charge in [-0.3, -0.25) is 0 Å². The van der Waals surface area contributed by atoms with Gasteiger partial charge >= 0.3 is 5.97 Å². The first-order chi connectivity index (χ1) is 6.83. The summed E-state index contributed by atoms with van der Waals surface area (Å²) in [6, 6.07) is 4.10. The molecule has 1 unspecified atom stereocenters. The van der Waals surface area contributed by atoms with E-state index in [1.54, 1.807) is 11.3 Å². The van der Waals surface area contributed by atoms with Crippen LogP contribution in [0.25, 0.3) is 0 Å². The zero-order chi connectivity index (χ0) is 9.97. The van der Waals surface area contributed by atoms with Crippen molar-refractivity contribution < 1.29 is 9.53 Å². The fourth-order valence-corrected chi connectivity index (χ4v) is 2.71. The minimum atomic E-state index is -0.180. The maximum Gasteiger partial charge on any atom is 0.334 e. The fraction of sp³-hybridized carbons (Fsp3) is 0.364. The van der Waals surface area contributed by atoms with Crippen LogP contribution >= 0.6 is 11.3 Å². The Morgan fingerprint density at radius 1 is 1.64 bits per heavy atom. The Morgan fingerprint density at radius 3 is 3.14 bits per heavy atom. The lowest BCUT2D eigenvalue weighted by atomic mass is 10.00. The number of thiophene rings is 1. The highest BCUT2D eigenvalue weighted by atomic mass is 32.1. The summed E-state index contributed by atoms with van der Waals surface area (Å²) in [5, 5.41) is 2.04. The Hall–Kier alpha value is -1.09. The lowest BCUT2D eigenvalue weighted by molar-refractivity contribution is -0.136. The van der Waals surface area contributed by atoms with Gasteiger partial charge in [-0.1, -0.05) is 12.1 Å². The Morgan fingerprint density at radius 2 is 2.50 bits per heavy atom. The summed E-state index contributed by atoms with van der Waals surface area (Å²) in [5.74, 6) is 0.0864. The van der Waals surface area contributed by atoms with E-state index < -0.39 is 0 Å². The number of esters is 1. The van der Waals surface area contributed by atoms with E-state index in [9.17, 15) is 4.79 Å². The quantitative estimate of drug-likeness (QED) is 0.698. The zero-order valence-electron chi connectivity index (χ0n) is 8.03. The van der Waals surface area contributed by atoms with Gasteiger partial charge < -0.3 is 4.74 Å². The standard InChI is InChI=1S/C11H12O2S/c1-13-11(12)9-5-2-4-8(9)10-6-3-7-14-10/h3,5-8H,2,4H2,1H3. The van der Waals surface area contributed by atoms with E-state index in [0.717, 1.165) is 18.4 Å². The SMILES string of the molecule is COC(=O)C1=CCCC1c1cccs1. The van der Waals surface area contributed by atoms with E-state index in [1.165, 1.54) is 12.0 Å². The highest BCUT2D eigenvalue weighted by Crippen LogP contribution is 2.37. The van der Waals surface area contributed by atoms with Gasteiger partial charge in [0.1, 0.15) is 0 Å². The summed E-state index contributed by atoms with van der Waals surface area (Å²) >= 11 is 1.70. The normalized spacial score (nSPS) is 20.6. The summed E-state index contributed by atoms with van der Waals surface area (Å²) in [6.45, 7) is 0. The molecule has 0 aromatic carbocycles. The average molecular weight is 208 g/mol. The van der Waals surface area contributed by atoms with E-state index in [4.69, 9.17) is 4.74 Å². The maximum absolute atomic E-state index is 11.4. The third kappa shape index (κ3) is 1.60. The number of carbonyl (C=O) groups is 1. The van der Waals surface area contributed by atoms with Crippen molar-refractivity contribution in [1.29, 1.82) is 0 Å². The van der Waals surface area contributed by atoms with Crippen molar-refractivity contribution in [3.05, 3.63) is 34.0 Å². The molecule has 0 saturated carbocycles. The van der Waals surface area contributed by atoms with Gasteiger partial charge in [-0.2, -0.15) is 0 Å². The number of hydrogen-bond acceptors (Lipinski definition) is 3. The number of rotatable bonds is 2. The average Bonchev–Trinajstić information content (AvgIpc) is 2.85. The second-order valence-corrected chi connectivity index (χ2v) is 4.28. The number of ether oxygens (including phenoxy) is 1. The zero-order valence-corrected chi connectivity index (χ0v) is 8.84. The summed E-state index contributed by atoms with van der Waals surface area (Å²) in [7, 11) is 1.44. The summed E-state index contributed by atoms with van der Waals surface area (Å²) in [6.07, 6.45) is 4.01. The molecule has 1 aliphatic carbocycles. The molecular weight excluding hydrogens is 196 g/mol. The second-order valence-electron chi connectivity index (χ2n) is 3.30. The van der Waals surface area contributed by atoms with Crippen molar-refractivity contribution in [2.45, 2.75) is 18.8 Å². The number of carbonyl (C=O) groups excluding carboxylic acids is 1. The third-order valence-corrected chi connectivity index (χ3v) is 3.49. The first-order valence-corrected chi connectivity index (χ1v) is 5.52. The van der Waals surface area contributed by atoms with Crippen molar-refractivity contribution >= 4 is 17.3 Å². The molecule has 0 radical (unpaired) electrons. The minimum Gasteiger partial charge on any atom is -0.466 e. The largest absolute Gasteiger partial charge is 0.466 e. The first kappa shape index (κ1) is 9.46. The highest BCUT2D eigenvalue weighted by Gasteiger charge is 2.27. The number of hydrogen-bond donors (Lipinski definition) is 0. The van der Waals surface area contributed by atoms with Crippen LogP contribution in [-0.4, -0.2) is 13.1 Å². The summed E-state index contributed by atoms with van der Waals surface area (Å²) in [4.78, 5) is 12.7. The number of allylic oxidation sites excluding steroid dienone is 1. The van der Waals surface area contributed by atoms with Crippen LogP contribution in [0.1, 0.15) is 23.6 Å². The van der Waals surface area contributed by atoms with Gasteiger partial charge in [0.15, 0.2) is 0 Å². The van der Waals surface area contributed by atoms with E-state index in [2.05, 4.69) is 6.07 Å². The molecule has 1 aliphatic rings. The van der Waals surface area contributed by atoms with E-state index >= 15 is 0 Å². The summed E-state index contributed by atoms with van der Waals surface area (Å²) in [5.41, 5.74) is 0.829. The van der Waals surface area contributed by atoms with Gasteiger partial charge in [0.25, 0.3) is 0 Å². The van der Waals surface area contributed by atoms with Crippen LogP contribution in [-0.2, 0) is 9.53 Å². The second kappa shape index (κ2) is 3.96. The number of methoxy groups -OCH3 is 1. The van der Waals surface area contributed by atoms with Gasteiger partial charge in [-0.25, -0.2) is 4.79 Å². The van der Waals surface area contributed by atoms with Crippen LogP contribution in [0.15, 0.2) is 29.2 Å². The van der Waals surface area contributed by atoms with Crippen LogP contribution in [0.4, 0.5) is 0 Å². The molecular formula is C11H12O2S. The van der Waals surface area contributed by atoms with Crippen molar-refractivity contribution in [2.75, 3.05) is 7.11 Å². The van der Waals surface area contributed by atoms with Crippen LogP contribution in [0.2, 0.25) is 0 Å². The highest BCUT2D eigenvalue weighted by molar-refractivity contribution is 7.10. The van der Waals surface area contributed by atoms with Gasteiger partial charge in [0.05, 0.1) is 7.11 Å². The van der Waals surface area contributed by atoms with Crippen molar-refractivity contribution in [3.63, 3.8) is 0 Å². The lowest BCUT2D eigenvalue weighted by Crippen LogP contribution is -2.09. The van der Waals surface area contributed by atoms with Crippen LogP contribution in [0, 0.1) is 0 Å². The van der Waals surface area contributed by atoms with Gasteiger partial charge in [-0.15, -0.1) is 11.3 Å². The Labute approximate surface area is 87.2 Å². The van der Waals surface area contributed by atoms with Crippen molar-refractivity contribution in [2.24, 2.45) is 0 Å². The van der Waals surface area contributed by atoms with Gasteiger partial charge in [0, 0.05) is 16.4 Å². The molecule has 0 amide bonds. The van der Waals surface area contributed by atoms with Crippen LogP contribution < -0.4 is 0 Å². The topological polar surface area (TPSA) is 26.3 Å². The maximum atomic E-state index is 11.4. The van der Waals surface area contributed by atoms with Crippen molar-refractivity contribution in [3.8, 4) is 0 Å². The predicted octanol–water partition coefficient (Wildman–Crippen LogP) is 2.72. The van der Waals surface area contributed by atoms with Crippen molar-refractivity contribution in [1.82, 2.24) is 0 Å². The molecule has 1 heterocycles. The fourth-order valence-electron chi connectivity index (χ4n) is 1.83. The minimum absolute atomic E-state index is 0.180. The Bertz CT molecular complexity index is 351. The molecule has 3 heteroatoms. The molecule has 1 atom stereocenters. The van der Waals surface area contributed by atoms with E-state index in [0.29, 0.717) is 0 Å². The molecule has 1 aromatic heterocycles. The molecule has 74 valence electrons. The van der Waals surface area contributed by atoms with Crippen LogP contribution in [0.5, 0.6) is 0 Å². The molecule has 2 nitrogen and oxygen atoms in total. The van der Waals surface area contributed by atoms with Crippen LogP contribution in [0.3, 0.4) is 0 Å². The first-order valence-electron chi connectivity index (χ1n) is 4.64. The molecule has 0 bridgehead atoms. The molecule has 14 heavy (non-hydrogen) atoms. The van der Waals surface area contributed by atoms with E-state index in [-0.39, 0.29) is 11.9 Å². The van der Waals surface area contributed by atoms with Gasteiger partial charge in [0.2, 0.25) is 0 Å². The molecule has 1 aromatic rings. The molecule has 0 aliphatic heterocycles. The third-order valence-electron chi connectivity index (χ3n) is 2.50. The molecule has 0 N–H and O–H groups in total. The Balaban J connectivity index is 2.22. The Kier molecular flexibility index (Phi) is 2.68. The van der Waals surface area contributed by atoms with E-state index in [1.807, 2.05) is 17.5 Å². The predicted molar refractivity (Wildman–Crippen MR) is 56.4 cm³/mol. The summed E-state index contributed by atoms with van der Waals surface area (Å²) < 4.78 is 4.76.